The van der Waals surface area contributed by atoms with E-state index in [1.165, 1.54) is 18.1 Å². The van der Waals surface area contributed by atoms with Gasteiger partial charge in [0.05, 0.1) is 0 Å². The lowest BCUT2D eigenvalue weighted by Gasteiger charge is -2.37. The molecule has 0 aromatic heterocycles. The van der Waals surface area contributed by atoms with Crippen molar-refractivity contribution < 1.29 is 19.1 Å². The standard InChI is InChI=1S/C23H26N2O4/c1-14-5-3-4-6-19(14)17-11-18(12-17)25-23(27)20(24-15(2)26)9-16-7-8-21-22(10-16)29-13-28-21/h3-8,10,17-18,20H,9,11-13H2,1-2H3,(H,24,26)(H,25,27). The van der Waals surface area contributed by atoms with Crippen LogP contribution in [0.1, 0.15) is 42.4 Å². The van der Waals surface area contributed by atoms with Crippen LogP contribution in [0.2, 0.25) is 0 Å². The van der Waals surface area contributed by atoms with Crippen molar-refractivity contribution in [2.24, 2.45) is 0 Å². The molecule has 2 amide bonds. The second-order valence-corrected chi connectivity index (χ2v) is 7.88. The molecule has 0 radical (unpaired) electrons. The van der Waals surface area contributed by atoms with Crippen molar-refractivity contribution in [3.63, 3.8) is 0 Å². The van der Waals surface area contributed by atoms with E-state index in [0.717, 1.165) is 18.4 Å². The normalized spacial score (nSPS) is 20.5. The lowest BCUT2D eigenvalue weighted by Crippen LogP contribution is -2.53. The van der Waals surface area contributed by atoms with E-state index in [-0.39, 0.29) is 24.6 Å². The molecule has 2 N–H and O–H groups in total. The van der Waals surface area contributed by atoms with Crippen LogP contribution in [0.3, 0.4) is 0 Å². The van der Waals surface area contributed by atoms with E-state index in [1.54, 1.807) is 0 Å². The first-order chi connectivity index (χ1) is 14.0. The highest BCUT2D eigenvalue weighted by Crippen LogP contribution is 2.38. The number of aryl methyl sites for hydroxylation is 1. The van der Waals surface area contributed by atoms with E-state index in [0.29, 0.717) is 23.8 Å². The zero-order valence-corrected chi connectivity index (χ0v) is 16.7. The molecule has 1 unspecified atom stereocenters. The average Bonchev–Trinajstić information content (AvgIpc) is 3.12. The molecule has 0 bridgehead atoms. The maximum absolute atomic E-state index is 12.8. The zero-order valence-electron chi connectivity index (χ0n) is 16.7. The Bertz CT molecular complexity index is 921. The van der Waals surface area contributed by atoms with Crippen molar-refractivity contribution in [1.82, 2.24) is 10.6 Å². The summed E-state index contributed by atoms with van der Waals surface area (Å²) < 4.78 is 10.7. The van der Waals surface area contributed by atoms with Crippen molar-refractivity contribution in [2.45, 2.75) is 51.1 Å². The van der Waals surface area contributed by atoms with Crippen LogP contribution in [0.15, 0.2) is 42.5 Å². The maximum Gasteiger partial charge on any atom is 0.243 e. The number of fused-ring (bicyclic) bond motifs is 1. The molecule has 1 atom stereocenters. The van der Waals surface area contributed by atoms with Gasteiger partial charge in [-0.15, -0.1) is 0 Å². The number of carbonyl (C=O) groups is 2. The van der Waals surface area contributed by atoms with Crippen LogP contribution in [0.4, 0.5) is 0 Å². The largest absolute Gasteiger partial charge is 0.454 e. The van der Waals surface area contributed by atoms with Crippen LogP contribution in [0.25, 0.3) is 0 Å². The predicted octanol–water partition coefficient (Wildman–Crippen LogP) is 2.83. The highest BCUT2D eigenvalue weighted by Gasteiger charge is 2.33. The molecule has 1 heterocycles. The van der Waals surface area contributed by atoms with Crippen molar-refractivity contribution in [1.29, 1.82) is 0 Å². The third-order valence-corrected chi connectivity index (χ3v) is 5.68. The number of benzene rings is 2. The topological polar surface area (TPSA) is 76.7 Å². The number of rotatable bonds is 6. The molecule has 152 valence electrons. The van der Waals surface area contributed by atoms with Gasteiger partial charge in [0.25, 0.3) is 0 Å². The smallest absolute Gasteiger partial charge is 0.243 e. The first-order valence-electron chi connectivity index (χ1n) is 10.0. The summed E-state index contributed by atoms with van der Waals surface area (Å²) in [5.41, 5.74) is 3.56. The second kappa shape index (κ2) is 8.15. The minimum atomic E-state index is -0.620. The first-order valence-corrected chi connectivity index (χ1v) is 10.0. The van der Waals surface area contributed by atoms with Crippen LogP contribution in [0.5, 0.6) is 11.5 Å². The van der Waals surface area contributed by atoms with Gasteiger partial charge in [-0.25, -0.2) is 0 Å². The van der Waals surface area contributed by atoms with Gasteiger partial charge in [-0.2, -0.15) is 0 Å². The quantitative estimate of drug-likeness (QED) is 0.790. The van der Waals surface area contributed by atoms with Crippen LogP contribution >= 0.6 is 0 Å². The van der Waals surface area contributed by atoms with Gasteiger partial charge in [-0.1, -0.05) is 30.3 Å². The second-order valence-electron chi connectivity index (χ2n) is 7.88. The summed E-state index contributed by atoms with van der Waals surface area (Å²) in [5, 5.41) is 5.88. The average molecular weight is 394 g/mol. The fourth-order valence-corrected chi connectivity index (χ4v) is 4.09. The van der Waals surface area contributed by atoms with Crippen molar-refractivity contribution in [2.75, 3.05) is 6.79 Å². The lowest BCUT2D eigenvalue weighted by molar-refractivity contribution is -0.129. The highest BCUT2D eigenvalue weighted by molar-refractivity contribution is 5.87. The Morgan fingerprint density at radius 1 is 1.10 bits per heavy atom. The van der Waals surface area contributed by atoms with Crippen molar-refractivity contribution in [3.8, 4) is 11.5 Å². The van der Waals surface area contributed by atoms with Crippen LogP contribution in [0, 0.1) is 6.92 Å². The summed E-state index contributed by atoms with van der Waals surface area (Å²) in [6.45, 7) is 3.76. The van der Waals surface area contributed by atoms with E-state index in [4.69, 9.17) is 9.47 Å². The van der Waals surface area contributed by atoms with Crippen LogP contribution in [-0.2, 0) is 16.0 Å². The Morgan fingerprint density at radius 2 is 1.86 bits per heavy atom. The Morgan fingerprint density at radius 3 is 2.62 bits per heavy atom. The van der Waals surface area contributed by atoms with Crippen LogP contribution in [-0.4, -0.2) is 30.7 Å². The van der Waals surface area contributed by atoms with Gasteiger partial charge in [0.1, 0.15) is 6.04 Å². The molecule has 1 aliphatic carbocycles. The number of nitrogens with one attached hydrogen (secondary N) is 2. The molecule has 0 saturated heterocycles. The number of hydrogen-bond donors (Lipinski definition) is 2. The Kier molecular flexibility index (Phi) is 5.43. The van der Waals surface area contributed by atoms with Gasteiger partial charge >= 0.3 is 0 Å². The Labute approximate surface area is 170 Å². The summed E-state index contributed by atoms with van der Waals surface area (Å²) in [4.78, 5) is 24.5. The highest BCUT2D eigenvalue weighted by atomic mass is 16.7. The van der Waals surface area contributed by atoms with Gasteiger partial charge in [0.15, 0.2) is 11.5 Å². The van der Waals surface area contributed by atoms with Gasteiger partial charge in [-0.3, -0.25) is 9.59 Å². The fraction of sp³-hybridized carbons (Fsp3) is 0.391. The van der Waals surface area contributed by atoms with Gasteiger partial charge < -0.3 is 20.1 Å². The number of hydrogen-bond acceptors (Lipinski definition) is 4. The molecular weight excluding hydrogens is 368 g/mol. The molecule has 2 aromatic carbocycles. The monoisotopic (exact) mass is 394 g/mol. The van der Waals surface area contributed by atoms with Gasteiger partial charge in [0, 0.05) is 19.4 Å². The van der Waals surface area contributed by atoms with E-state index in [9.17, 15) is 9.59 Å². The zero-order chi connectivity index (χ0) is 20.4. The molecule has 6 heteroatoms. The third-order valence-electron chi connectivity index (χ3n) is 5.68. The van der Waals surface area contributed by atoms with E-state index < -0.39 is 6.04 Å². The molecule has 2 aliphatic rings. The number of amides is 2. The van der Waals surface area contributed by atoms with Crippen molar-refractivity contribution >= 4 is 11.8 Å². The van der Waals surface area contributed by atoms with E-state index in [1.807, 2.05) is 24.3 Å². The van der Waals surface area contributed by atoms with Crippen LogP contribution < -0.4 is 20.1 Å². The molecule has 1 saturated carbocycles. The summed E-state index contributed by atoms with van der Waals surface area (Å²) in [6.07, 6.45) is 2.25. The first kappa shape index (κ1) is 19.3. The van der Waals surface area contributed by atoms with Gasteiger partial charge in [0.2, 0.25) is 18.6 Å². The molecule has 29 heavy (non-hydrogen) atoms. The Hall–Kier alpha value is -3.02. The van der Waals surface area contributed by atoms with Gasteiger partial charge in [-0.05, 0) is 54.5 Å². The summed E-state index contributed by atoms with van der Waals surface area (Å²) in [5.74, 6) is 1.48. The summed E-state index contributed by atoms with van der Waals surface area (Å²) >= 11 is 0. The minimum absolute atomic E-state index is 0.139. The Balaban J connectivity index is 1.37. The SMILES string of the molecule is CC(=O)NC(Cc1ccc2c(c1)OCO2)C(=O)NC1CC(c2ccccc2C)C1. The van der Waals surface area contributed by atoms with Crippen molar-refractivity contribution in [3.05, 3.63) is 59.2 Å². The number of carbonyl (C=O) groups excluding carboxylic acids is 2. The molecular formula is C23H26N2O4. The fourth-order valence-electron chi connectivity index (χ4n) is 4.09. The summed E-state index contributed by atoms with van der Waals surface area (Å²) in [7, 11) is 0. The lowest BCUT2D eigenvalue weighted by atomic mass is 9.74. The molecule has 1 fully saturated rings. The maximum atomic E-state index is 12.8. The predicted molar refractivity (Wildman–Crippen MR) is 109 cm³/mol. The summed E-state index contributed by atoms with van der Waals surface area (Å²) in [6, 6.07) is 13.5. The third kappa shape index (κ3) is 4.36. The molecule has 6 nitrogen and oxygen atoms in total. The molecule has 1 aliphatic heterocycles. The minimum Gasteiger partial charge on any atom is -0.454 e. The molecule has 2 aromatic rings. The molecule has 0 spiro atoms. The van der Waals surface area contributed by atoms with E-state index in [2.05, 4.69) is 35.8 Å². The van der Waals surface area contributed by atoms with E-state index >= 15 is 0 Å². The number of ether oxygens (including phenoxy) is 2. The molecule has 4 rings (SSSR count).